The summed E-state index contributed by atoms with van der Waals surface area (Å²) in [7, 11) is 1.66. The van der Waals surface area contributed by atoms with Gasteiger partial charge in [-0.05, 0) is 67.6 Å². The Balaban J connectivity index is 1.37. The second kappa shape index (κ2) is 10.7. The lowest BCUT2D eigenvalue weighted by Gasteiger charge is -2.33. The average molecular weight is 397 g/mol. The summed E-state index contributed by atoms with van der Waals surface area (Å²) < 4.78 is 5.24. The Bertz CT molecular complexity index is 771. The molecule has 2 aromatic carbocycles. The highest BCUT2D eigenvalue weighted by atomic mass is 16.5. The van der Waals surface area contributed by atoms with Crippen molar-refractivity contribution < 1.29 is 9.53 Å². The number of likely N-dealkylation sites (tertiary alicyclic amines) is 1. The molecule has 0 atom stereocenters. The lowest BCUT2D eigenvalue weighted by molar-refractivity contribution is 0.184. The molecule has 1 fully saturated rings. The number of urea groups is 1. The Morgan fingerprint density at radius 2 is 1.86 bits per heavy atom. The number of piperidine rings is 1. The average Bonchev–Trinajstić information content (AvgIpc) is 2.76. The lowest BCUT2D eigenvalue weighted by Crippen LogP contribution is -2.47. The molecular formula is C23H32N4O2. The van der Waals surface area contributed by atoms with Crippen molar-refractivity contribution in [3.63, 3.8) is 0 Å². The first-order valence-electron chi connectivity index (χ1n) is 10.4. The van der Waals surface area contributed by atoms with E-state index in [4.69, 9.17) is 10.5 Å². The van der Waals surface area contributed by atoms with E-state index in [9.17, 15) is 4.79 Å². The molecule has 0 aromatic heterocycles. The third-order valence-corrected chi connectivity index (χ3v) is 5.36. The van der Waals surface area contributed by atoms with Gasteiger partial charge in [-0.1, -0.05) is 24.3 Å². The monoisotopic (exact) mass is 396 g/mol. The minimum absolute atomic E-state index is 0.0254. The molecule has 0 aliphatic carbocycles. The summed E-state index contributed by atoms with van der Waals surface area (Å²) in [6, 6.07) is 16.9. The smallest absolute Gasteiger partial charge is 0.317 e. The number of nitrogens with two attached hydrogens (primary N) is 1. The zero-order chi connectivity index (χ0) is 20.5. The van der Waals surface area contributed by atoms with Crippen molar-refractivity contribution in [3.8, 4) is 5.75 Å². The number of rotatable bonds is 8. The molecule has 2 aromatic rings. The summed E-state index contributed by atoms with van der Waals surface area (Å²) >= 11 is 0. The topological polar surface area (TPSA) is 79.6 Å². The van der Waals surface area contributed by atoms with Crippen LogP contribution < -0.4 is 21.1 Å². The van der Waals surface area contributed by atoms with Gasteiger partial charge in [-0.15, -0.1) is 0 Å². The summed E-state index contributed by atoms with van der Waals surface area (Å²) in [5.74, 6) is 0.845. The van der Waals surface area contributed by atoms with Crippen molar-refractivity contribution in [3.05, 3.63) is 59.7 Å². The summed E-state index contributed by atoms with van der Waals surface area (Å²) in [5.41, 5.74) is 9.15. The van der Waals surface area contributed by atoms with Crippen LogP contribution in [-0.4, -0.2) is 50.3 Å². The van der Waals surface area contributed by atoms with Gasteiger partial charge in [0.15, 0.2) is 0 Å². The lowest BCUT2D eigenvalue weighted by atomic mass is 10.0. The van der Waals surface area contributed by atoms with Crippen molar-refractivity contribution in [2.75, 3.05) is 38.6 Å². The van der Waals surface area contributed by atoms with Crippen LogP contribution in [0.4, 0.5) is 10.5 Å². The minimum atomic E-state index is 0.0254. The van der Waals surface area contributed by atoms with Gasteiger partial charge in [-0.3, -0.25) is 0 Å². The summed E-state index contributed by atoms with van der Waals surface area (Å²) in [5, 5.41) is 6.62. The Morgan fingerprint density at radius 1 is 1.10 bits per heavy atom. The molecule has 6 nitrogen and oxygen atoms in total. The second-order valence-corrected chi connectivity index (χ2v) is 7.47. The van der Waals surface area contributed by atoms with E-state index in [-0.39, 0.29) is 6.03 Å². The molecular weight excluding hydrogens is 364 g/mol. The fraction of sp³-hybridized carbons (Fsp3) is 0.435. The van der Waals surface area contributed by atoms with Gasteiger partial charge in [0.25, 0.3) is 0 Å². The van der Waals surface area contributed by atoms with Gasteiger partial charge in [0, 0.05) is 31.4 Å². The van der Waals surface area contributed by atoms with Crippen LogP contribution >= 0.6 is 0 Å². The van der Waals surface area contributed by atoms with Crippen LogP contribution in [0.2, 0.25) is 0 Å². The molecule has 6 heteroatoms. The maximum atomic E-state index is 12.4. The van der Waals surface area contributed by atoms with Crippen molar-refractivity contribution in [1.82, 2.24) is 10.2 Å². The maximum absolute atomic E-state index is 12.4. The van der Waals surface area contributed by atoms with E-state index in [0.717, 1.165) is 55.8 Å². The molecule has 156 valence electrons. The number of amides is 2. The van der Waals surface area contributed by atoms with Gasteiger partial charge in [-0.2, -0.15) is 0 Å². The number of hydrogen-bond donors (Lipinski definition) is 3. The van der Waals surface area contributed by atoms with Gasteiger partial charge in [0.2, 0.25) is 0 Å². The first-order valence-corrected chi connectivity index (χ1v) is 10.4. The molecule has 3 rings (SSSR count). The molecule has 29 heavy (non-hydrogen) atoms. The molecule has 4 N–H and O–H groups in total. The molecule has 0 spiro atoms. The highest BCUT2D eigenvalue weighted by Gasteiger charge is 2.22. The Hall–Kier alpha value is -2.73. The van der Waals surface area contributed by atoms with E-state index >= 15 is 0 Å². The maximum Gasteiger partial charge on any atom is 0.317 e. The number of carbonyl (C=O) groups is 1. The number of nitrogens with one attached hydrogen (secondary N) is 2. The number of anilines is 1. The predicted molar refractivity (Wildman–Crippen MR) is 118 cm³/mol. The number of hydrogen-bond acceptors (Lipinski definition) is 4. The standard InChI is InChI=1S/C23H32N4O2/c1-29-22-4-2-3-19(17-22)10-14-25-23(28)27-15-11-21(12-16-27)26-20-7-5-18(6-8-20)9-13-24/h2-8,17,21,26H,9-16,24H2,1H3,(H,25,28). The number of ether oxygens (including phenoxy) is 1. The van der Waals surface area contributed by atoms with Crippen LogP contribution in [0.3, 0.4) is 0 Å². The fourth-order valence-electron chi connectivity index (χ4n) is 3.65. The Labute approximate surface area is 173 Å². The number of carbonyl (C=O) groups excluding carboxylic acids is 1. The Kier molecular flexibility index (Phi) is 7.76. The highest BCUT2D eigenvalue weighted by molar-refractivity contribution is 5.74. The molecule has 0 radical (unpaired) electrons. The quantitative estimate of drug-likeness (QED) is 0.641. The van der Waals surface area contributed by atoms with E-state index in [1.165, 1.54) is 5.56 Å². The molecule has 1 aliphatic rings. The third-order valence-electron chi connectivity index (χ3n) is 5.36. The first kappa shape index (κ1) is 21.0. The van der Waals surface area contributed by atoms with Gasteiger partial charge in [0.05, 0.1) is 7.11 Å². The van der Waals surface area contributed by atoms with E-state index in [1.807, 2.05) is 23.1 Å². The fourth-order valence-corrected chi connectivity index (χ4v) is 3.65. The second-order valence-electron chi connectivity index (χ2n) is 7.47. The van der Waals surface area contributed by atoms with E-state index in [0.29, 0.717) is 19.1 Å². The van der Waals surface area contributed by atoms with Gasteiger partial charge < -0.3 is 26.0 Å². The van der Waals surface area contributed by atoms with Gasteiger partial charge in [-0.25, -0.2) is 4.79 Å². The van der Waals surface area contributed by atoms with Crippen molar-refractivity contribution in [1.29, 1.82) is 0 Å². The van der Waals surface area contributed by atoms with Crippen LogP contribution in [0.15, 0.2) is 48.5 Å². The Morgan fingerprint density at radius 3 is 2.55 bits per heavy atom. The van der Waals surface area contributed by atoms with Crippen LogP contribution in [0, 0.1) is 0 Å². The molecule has 1 aliphatic heterocycles. The molecule has 0 unspecified atom stereocenters. The number of benzene rings is 2. The van der Waals surface area contributed by atoms with Gasteiger partial charge in [0.1, 0.15) is 5.75 Å². The summed E-state index contributed by atoms with van der Waals surface area (Å²) in [6.45, 7) is 2.84. The highest BCUT2D eigenvalue weighted by Crippen LogP contribution is 2.18. The van der Waals surface area contributed by atoms with Crippen molar-refractivity contribution in [2.24, 2.45) is 5.73 Å². The van der Waals surface area contributed by atoms with Crippen LogP contribution in [0.5, 0.6) is 5.75 Å². The molecule has 1 saturated heterocycles. The third kappa shape index (κ3) is 6.39. The van der Waals surface area contributed by atoms with Crippen molar-refractivity contribution in [2.45, 2.75) is 31.7 Å². The van der Waals surface area contributed by atoms with Crippen LogP contribution in [0.1, 0.15) is 24.0 Å². The van der Waals surface area contributed by atoms with E-state index < -0.39 is 0 Å². The van der Waals surface area contributed by atoms with E-state index in [1.54, 1.807) is 7.11 Å². The zero-order valence-electron chi connectivity index (χ0n) is 17.2. The van der Waals surface area contributed by atoms with Crippen LogP contribution in [0.25, 0.3) is 0 Å². The predicted octanol–water partition coefficient (Wildman–Crippen LogP) is 3.03. The summed E-state index contributed by atoms with van der Waals surface area (Å²) in [6.07, 6.45) is 3.61. The van der Waals surface area contributed by atoms with E-state index in [2.05, 4.69) is 41.0 Å². The molecule has 0 saturated carbocycles. The molecule has 1 heterocycles. The van der Waals surface area contributed by atoms with Crippen LogP contribution in [-0.2, 0) is 12.8 Å². The minimum Gasteiger partial charge on any atom is -0.497 e. The summed E-state index contributed by atoms with van der Waals surface area (Å²) in [4.78, 5) is 14.3. The number of methoxy groups -OCH3 is 1. The largest absolute Gasteiger partial charge is 0.497 e. The SMILES string of the molecule is COc1cccc(CCNC(=O)N2CCC(Nc3ccc(CCN)cc3)CC2)c1. The number of nitrogens with zero attached hydrogens (tertiary/aromatic N) is 1. The normalized spacial score (nSPS) is 14.5. The zero-order valence-corrected chi connectivity index (χ0v) is 17.2. The van der Waals surface area contributed by atoms with Crippen molar-refractivity contribution >= 4 is 11.7 Å². The first-order chi connectivity index (χ1) is 14.2. The molecule has 2 amide bonds. The molecule has 0 bridgehead atoms. The van der Waals surface area contributed by atoms with Gasteiger partial charge >= 0.3 is 6.03 Å².